The lowest BCUT2D eigenvalue weighted by Gasteiger charge is -2.03. The Morgan fingerprint density at radius 3 is 2.89 bits per heavy atom. The van der Waals surface area contributed by atoms with E-state index in [1.54, 1.807) is 18.5 Å². The minimum atomic E-state index is -0.668. The molecule has 2 aromatic rings. The van der Waals surface area contributed by atoms with Crippen LogP contribution in [0.25, 0.3) is 0 Å². The zero-order chi connectivity index (χ0) is 13.1. The Labute approximate surface area is 106 Å². The first-order valence-corrected chi connectivity index (χ1v) is 5.85. The average Bonchev–Trinajstić information content (AvgIpc) is 2.90. The highest BCUT2D eigenvalue weighted by atomic mass is 32.1. The molecule has 18 heavy (non-hydrogen) atoms. The topological polar surface area (TPSA) is 116 Å². The van der Waals surface area contributed by atoms with Gasteiger partial charge in [0, 0.05) is 11.6 Å². The second kappa shape index (κ2) is 4.92. The maximum absolute atomic E-state index is 11.7. The van der Waals surface area contributed by atoms with Crippen molar-refractivity contribution < 1.29 is 9.59 Å². The van der Waals surface area contributed by atoms with Crippen molar-refractivity contribution in [1.82, 2.24) is 20.0 Å². The van der Waals surface area contributed by atoms with Gasteiger partial charge in [0.1, 0.15) is 6.54 Å². The minimum Gasteiger partial charge on any atom is -0.364 e. The lowest BCUT2D eigenvalue weighted by molar-refractivity contribution is -0.117. The summed E-state index contributed by atoms with van der Waals surface area (Å²) in [6.07, 6.45) is 1.59. The fraction of sp³-hybridized carbons (Fsp3) is 0.222. The Balaban J connectivity index is 2.05. The number of aromatic nitrogens is 4. The molecule has 0 bridgehead atoms. The van der Waals surface area contributed by atoms with E-state index in [9.17, 15) is 9.59 Å². The van der Waals surface area contributed by atoms with Gasteiger partial charge in [0.15, 0.2) is 10.8 Å². The highest BCUT2D eigenvalue weighted by molar-refractivity contribution is 7.13. The van der Waals surface area contributed by atoms with Crippen molar-refractivity contribution in [3.05, 3.63) is 23.0 Å². The number of carbonyl (C=O) groups excluding carboxylic acids is 2. The highest BCUT2D eigenvalue weighted by Gasteiger charge is 2.15. The molecule has 2 amide bonds. The third kappa shape index (κ3) is 2.51. The molecule has 0 unspecified atom stereocenters. The number of rotatable bonds is 4. The van der Waals surface area contributed by atoms with Crippen LogP contribution in [0.1, 0.15) is 16.2 Å². The second-order valence-electron chi connectivity index (χ2n) is 3.43. The van der Waals surface area contributed by atoms with Crippen molar-refractivity contribution in [2.75, 3.05) is 5.32 Å². The van der Waals surface area contributed by atoms with Crippen molar-refractivity contribution in [3.63, 3.8) is 0 Å². The molecule has 0 aliphatic rings. The first kappa shape index (κ1) is 12.2. The summed E-state index contributed by atoms with van der Waals surface area (Å²) in [7, 11) is 0. The number of amides is 2. The van der Waals surface area contributed by atoms with Crippen molar-refractivity contribution in [2.45, 2.75) is 13.5 Å². The van der Waals surface area contributed by atoms with Crippen LogP contribution in [0.4, 0.5) is 5.13 Å². The molecular weight excluding hydrogens is 256 g/mol. The van der Waals surface area contributed by atoms with Crippen LogP contribution in [0.2, 0.25) is 0 Å². The number of hydrogen-bond acceptors (Lipinski definition) is 6. The van der Waals surface area contributed by atoms with Crippen LogP contribution in [-0.2, 0) is 11.3 Å². The van der Waals surface area contributed by atoms with Crippen LogP contribution in [-0.4, -0.2) is 31.8 Å². The van der Waals surface area contributed by atoms with Crippen molar-refractivity contribution in [2.24, 2.45) is 5.73 Å². The Bertz CT molecular complexity index is 576. The summed E-state index contributed by atoms with van der Waals surface area (Å²) in [5.41, 5.74) is 5.63. The smallest absolute Gasteiger partial charge is 0.271 e. The highest BCUT2D eigenvalue weighted by Crippen LogP contribution is 2.10. The SMILES string of the molecule is Cc1c(C(N)=O)nnn1CC(=O)Nc1nccs1. The fourth-order valence-corrected chi connectivity index (χ4v) is 1.86. The Morgan fingerprint density at radius 1 is 1.56 bits per heavy atom. The summed E-state index contributed by atoms with van der Waals surface area (Å²) in [6, 6.07) is 0. The van der Waals surface area contributed by atoms with E-state index in [2.05, 4.69) is 20.6 Å². The fourth-order valence-electron chi connectivity index (χ4n) is 1.32. The van der Waals surface area contributed by atoms with Crippen molar-refractivity contribution in [1.29, 1.82) is 0 Å². The number of nitrogens with two attached hydrogens (primary N) is 1. The van der Waals surface area contributed by atoms with E-state index in [0.717, 1.165) is 0 Å². The molecule has 9 heteroatoms. The zero-order valence-electron chi connectivity index (χ0n) is 9.45. The van der Waals surface area contributed by atoms with Gasteiger partial charge in [-0.2, -0.15) is 0 Å². The van der Waals surface area contributed by atoms with Gasteiger partial charge in [-0.1, -0.05) is 5.21 Å². The van der Waals surface area contributed by atoms with Gasteiger partial charge in [0.05, 0.1) is 5.69 Å². The van der Waals surface area contributed by atoms with Crippen LogP contribution < -0.4 is 11.1 Å². The normalized spacial score (nSPS) is 10.3. The molecule has 0 atom stereocenters. The number of primary amides is 1. The van der Waals surface area contributed by atoms with Crippen LogP contribution in [0.5, 0.6) is 0 Å². The number of carbonyl (C=O) groups is 2. The standard InChI is InChI=1S/C9H10N6O2S/c1-5-7(8(10)17)13-14-15(5)4-6(16)12-9-11-2-3-18-9/h2-3H,4H2,1H3,(H2,10,17)(H,11,12,16). The quantitative estimate of drug-likeness (QED) is 0.793. The molecule has 8 nitrogen and oxygen atoms in total. The number of thiazole rings is 1. The summed E-state index contributed by atoms with van der Waals surface area (Å²) < 4.78 is 1.31. The first-order valence-electron chi connectivity index (χ1n) is 4.97. The summed E-state index contributed by atoms with van der Waals surface area (Å²) >= 11 is 1.31. The number of hydrogen-bond donors (Lipinski definition) is 2. The molecule has 2 aromatic heterocycles. The maximum atomic E-state index is 11.7. The monoisotopic (exact) mass is 266 g/mol. The number of nitrogens with zero attached hydrogens (tertiary/aromatic N) is 4. The van der Waals surface area contributed by atoms with Gasteiger partial charge in [0.2, 0.25) is 5.91 Å². The van der Waals surface area contributed by atoms with E-state index in [1.807, 2.05) is 0 Å². The van der Waals surface area contributed by atoms with E-state index in [1.165, 1.54) is 16.0 Å². The van der Waals surface area contributed by atoms with Gasteiger partial charge in [-0.05, 0) is 6.92 Å². The predicted molar refractivity (Wildman–Crippen MR) is 64.0 cm³/mol. The molecule has 2 heterocycles. The minimum absolute atomic E-state index is 0.0499. The van der Waals surface area contributed by atoms with Crippen LogP contribution in [0.15, 0.2) is 11.6 Å². The van der Waals surface area contributed by atoms with E-state index >= 15 is 0 Å². The molecule has 0 saturated carbocycles. The summed E-state index contributed by atoms with van der Waals surface area (Å²) in [6.45, 7) is 1.57. The molecule has 0 aliphatic carbocycles. The molecule has 94 valence electrons. The third-order valence-electron chi connectivity index (χ3n) is 2.19. The van der Waals surface area contributed by atoms with Gasteiger partial charge >= 0.3 is 0 Å². The molecule has 0 spiro atoms. The van der Waals surface area contributed by atoms with Gasteiger partial charge in [-0.15, -0.1) is 16.4 Å². The third-order valence-corrected chi connectivity index (χ3v) is 2.88. The molecule has 2 rings (SSSR count). The first-order chi connectivity index (χ1) is 8.58. The molecule has 0 aromatic carbocycles. The second-order valence-corrected chi connectivity index (χ2v) is 4.33. The number of nitrogens with one attached hydrogen (secondary N) is 1. The van der Waals surface area contributed by atoms with Crippen molar-refractivity contribution in [3.8, 4) is 0 Å². The zero-order valence-corrected chi connectivity index (χ0v) is 10.3. The van der Waals surface area contributed by atoms with E-state index in [4.69, 9.17) is 5.73 Å². The van der Waals surface area contributed by atoms with Gasteiger partial charge in [0.25, 0.3) is 5.91 Å². The van der Waals surface area contributed by atoms with E-state index < -0.39 is 5.91 Å². The Kier molecular flexibility index (Phi) is 3.33. The Morgan fingerprint density at radius 2 is 2.33 bits per heavy atom. The maximum Gasteiger partial charge on any atom is 0.271 e. The van der Waals surface area contributed by atoms with Crippen molar-refractivity contribution >= 4 is 28.3 Å². The molecule has 3 N–H and O–H groups in total. The number of anilines is 1. The summed E-state index contributed by atoms with van der Waals surface area (Å²) in [4.78, 5) is 26.6. The molecule has 0 saturated heterocycles. The molecular formula is C9H10N6O2S. The average molecular weight is 266 g/mol. The van der Waals surface area contributed by atoms with E-state index in [-0.39, 0.29) is 18.1 Å². The summed E-state index contributed by atoms with van der Waals surface area (Å²) in [5.74, 6) is -0.965. The van der Waals surface area contributed by atoms with Crippen LogP contribution in [0.3, 0.4) is 0 Å². The molecule has 0 aliphatic heterocycles. The van der Waals surface area contributed by atoms with E-state index in [0.29, 0.717) is 10.8 Å². The molecule has 0 fully saturated rings. The summed E-state index contributed by atoms with van der Waals surface area (Å²) in [5, 5.41) is 12.2. The lowest BCUT2D eigenvalue weighted by Crippen LogP contribution is -2.20. The van der Waals surface area contributed by atoms with Crippen LogP contribution in [0, 0.1) is 6.92 Å². The lowest BCUT2D eigenvalue weighted by atomic mass is 10.3. The Hall–Kier alpha value is -2.29. The molecule has 0 radical (unpaired) electrons. The largest absolute Gasteiger partial charge is 0.364 e. The van der Waals surface area contributed by atoms with Gasteiger partial charge < -0.3 is 11.1 Å². The predicted octanol–water partition coefficient (Wildman–Crippen LogP) is -0.219. The van der Waals surface area contributed by atoms with Gasteiger partial charge in [-0.3, -0.25) is 9.59 Å². The van der Waals surface area contributed by atoms with Gasteiger partial charge in [-0.25, -0.2) is 9.67 Å². The van der Waals surface area contributed by atoms with Crippen LogP contribution >= 0.6 is 11.3 Å².